The van der Waals surface area contributed by atoms with Gasteiger partial charge in [0.15, 0.2) is 0 Å². The van der Waals surface area contributed by atoms with Gasteiger partial charge in [0.05, 0.1) is 12.5 Å². The Morgan fingerprint density at radius 2 is 2.06 bits per heavy atom. The van der Waals surface area contributed by atoms with Crippen molar-refractivity contribution < 1.29 is 15.0 Å². The van der Waals surface area contributed by atoms with Crippen LogP contribution in [0.2, 0.25) is 0 Å². The smallest absolute Gasteiger partial charge is 0.220 e. The SMILES string of the molecule is NC(=O)CC(O)C(O)c1ccc2n[nH]nc2c1. The molecule has 0 saturated carbocycles. The molecule has 0 spiro atoms. The van der Waals surface area contributed by atoms with Gasteiger partial charge < -0.3 is 15.9 Å². The zero-order chi connectivity index (χ0) is 12.4. The van der Waals surface area contributed by atoms with E-state index in [1.807, 2.05) is 0 Å². The maximum absolute atomic E-state index is 10.6. The van der Waals surface area contributed by atoms with Gasteiger partial charge in [-0.05, 0) is 17.7 Å². The summed E-state index contributed by atoms with van der Waals surface area (Å²) in [5.74, 6) is -0.668. The minimum Gasteiger partial charge on any atom is -0.390 e. The predicted octanol–water partition coefficient (Wildman–Crippen LogP) is -0.772. The first kappa shape index (κ1) is 11.5. The summed E-state index contributed by atoms with van der Waals surface area (Å²) in [5, 5.41) is 29.6. The van der Waals surface area contributed by atoms with E-state index in [0.29, 0.717) is 16.6 Å². The molecule has 90 valence electrons. The molecule has 7 heteroatoms. The lowest BCUT2D eigenvalue weighted by atomic mass is 10.0. The number of benzene rings is 1. The van der Waals surface area contributed by atoms with Crippen LogP contribution in [-0.4, -0.2) is 37.6 Å². The number of rotatable bonds is 4. The van der Waals surface area contributed by atoms with Crippen molar-refractivity contribution in [1.82, 2.24) is 15.4 Å². The van der Waals surface area contributed by atoms with Crippen LogP contribution in [-0.2, 0) is 4.79 Å². The number of primary amides is 1. The van der Waals surface area contributed by atoms with Crippen LogP contribution in [0.25, 0.3) is 11.0 Å². The third-order valence-electron chi connectivity index (χ3n) is 2.46. The number of aromatic nitrogens is 3. The third-order valence-corrected chi connectivity index (χ3v) is 2.46. The third kappa shape index (κ3) is 2.40. The van der Waals surface area contributed by atoms with Crippen molar-refractivity contribution in [3.63, 3.8) is 0 Å². The van der Waals surface area contributed by atoms with Crippen molar-refractivity contribution in [3.8, 4) is 0 Å². The van der Waals surface area contributed by atoms with E-state index in [9.17, 15) is 15.0 Å². The summed E-state index contributed by atoms with van der Waals surface area (Å²) in [6.45, 7) is 0. The number of fused-ring (bicyclic) bond motifs is 1. The molecule has 0 radical (unpaired) electrons. The van der Waals surface area contributed by atoms with Crippen LogP contribution in [0.15, 0.2) is 18.2 Å². The van der Waals surface area contributed by atoms with Gasteiger partial charge in [0, 0.05) is 0 Å². The first-order valence-electron chi connectivity index (χ1n) is 5.03. The molecule has 7 nitrogen and oxygen atoms in total. The van der Waals surface area contributed by atoms with E-state index in [1.54, 1.807) is 18.2 Å². The molecule has 2 rings (SSSR count). The lowest BCUT2D eigenvalue weighted by molar-refractivity contribution is -0.121. The maximum Gasteiger partial charge on any atom is 0.220 e. The van der Waals surface area contributed by atoms with E-state index in [1.165, 1.54) is 0 Å². The zero-order valence-corrected chi connectivity index (χ0v) is 8.87. The van der Waals surface area contributed by atoms with Crippen LogP contribution in [0.5, 0.6) is 0 Å². The Balaban J connectivity index is 2.23. The van der Waals surface area contributed by atoms with Gasteiger partial charge in [-0.2, -0.15) is 15.4 Å². The molecule has 2 unspecified atom stereocenters. The molecule has 1 aromatic heterocycles. The molecule has 5 N–H and O–H groups in total. The topological polar surface area (TPSA) is 125 Å². The molecular formula is C10H12N4O3. The van der Waals surface area contributed by atoms with E-state index in [2.05, 4.69) is 15.4 Å². The number of H-pyrrole nitrogens is 1. The lowest BCUT2D eigenvalue weighted by Gasteiger charge is -2.16. The van der Waals surface area contributed by atoms with Crippen LogP contribution in [0.1, 0.15) is 18.1 Å². The van der Waals surface area contributed by atoms with Gasteiger partial charge in [0.25, 0.3) is 0 Å². The molecule has 0 fully saturated rings. The number of aliphatic hydroxyl groups excluding tert-OH is 2. The first-order valence-corrected chi connectivity index (χ1v) is 5.03. The van der Waals surface area contributed by atoms with Gasteiger partial charge in [0.1, 0.15) is 17.1 Å². The Morgan fingerprint density at radius 3 is 2.76 bits per heavy atom. The van der Waals surface area contributed by atoms with Gasteiger partial charge in [-0.15, -0.1) is 0 Å². The standard InChI is InChI=1S/C10H12N4O3/c11-9(16)4-8(15)10(17)5-1-2-6-7(3-5)13-14-12-6/h1-3,8,10,15,17H,4H2,(H2,11,16)(H,12,13,14). The predicted molar refractivity (Wildman–Crippen MR) is 58.7 cm³/mol. The summed E-state index contributed by atoms with van der Waals surface area (Å²) in [7, 11) is 0. The molecule has 0 saturated heterocycles. The van der Waals surface area contributed by atoms with Crippen molar-refractivity contribution in [2.75, 3.05) is 0 Å². The summed E-state index contributed by atoms with van der Waals surface area (Å²) in [5.41, 5.74) is 6.64. The number of carbonyl (C=O) groups is 1. The molecule has 2 atom stereocenters. The largest absolute Gasteiger partial charge is 0.390 e. The fourth-order valence-electron chi connectivity index (χ4n) is 1.58. The average molecular weight is 236 g/mol. The molecule has 1 amide bonds. The van der Waals surface area contributed by atoms with Gasteiger partial charge in [0.2, 0.25) is 5.91 Å². The fraction of sp³-hybridized carbons (Fsp3) is 0.300. The molecule has 0 aliphatic rings. The van der Waals surface area contributed by atoms with Crippen LogP contribution in [0.3, 0.4) is 0 Å². The van der Waals surface area contributed by atoms with E-state index in [0.717, 1.165) is 0 Å². The number of hydrogen-bond acceptors (Lipinski definition) is 5. The number of hydrogen-bond donors (Lipinski definition) is 4. The second kappa shape index (κ2) is 4.48. The molecule has 1 heterocycles. The van der Waals surface area contributed by atoms with Crippen molar-refractivity contribution >= 4 is 16.9 Å². The van der Waals surface area contributed by atoms with Crippen LogP contribution < -0.4 is 5.73 Å². The quantitative estimate of drug-likeness (QED) is 0.554. The van der Waals surface area contributed by atoms with Gasteiger partial charge in [-0.1, -0.05) is 6.07 Å². The molecule has 1 aromatic carbocycles. The summed E-state index contributed by atoms with van der Waals surface area (Å²) in [4.78, 5) is 10.6. The summed E-state index contributed by atoms with van der Waals surface area (Å²) < 4.78 is 0. The van der Waals surface area contributed by atoms with E-state index in [-0.39, 0.29) is 6.42 Å². The highest BCUT2D eigenvalue weighted by Gasteiger charge is 2.20. The van der Waals surface area contributed by atoms with Crippen molar-refractivity contribution in [2.24, 2.45) is 5.73 Å². The average Bonchev–Trinajstić information content (AvgIpc) is 2.73. The number of aromatic amines is 1. The van der Waals surface area contributed by atoms with E-state index < -0.39 is 18.1 Å². The summed E-state index contributed by atoms with van der Waals surface area (Å²) in [6.07, 6.45) is -2.70. The fourth-order valence-corrected chi connectivity index (χ4v) is 1.58. The highest BCUT2D eigenvalue weighted by atomic mass is 16.3. The normalized spacial score (nSPS) is 14.7. The Morgan fingerprint density at radius 1 is 1.35 bits per heavy atom. The van der Waals surface area contributed by atoms with E-state index >= 15 is 0 Å². The lowest BCUT2D eigenvalue weighted by Crippen LogP contribution is -2.25. The van der Waals surface area contributed by atoms with Crippen molar-refractivity contribution in [2.45, 2.75) is 18.6 Å². The Labute approximate surface area is 96.2 Å². The molecule has 0 aliphatic heterocycles. The Hall–Kier alpha value is -1.99. The maximum atomic E-state index is 10.6. The highest BCUT2D eigenvalue weighted by molar-refractivity contribution is 5.75. The Bertz CT molecular complexity index is 539. The molecule has 17 heavy (non-hydrogen) atoms. The van der Waals surface area contributed by atoms with Crippen LogP contribution in [0.4, 0.5) is 0 Å². The number of nitrogens with zero attached hydrogens (tertiary/aromatic N) is 2. The van der Waals surface area contributed by atoms with Crippen molar-refractivity contribution in [3.05, 3.63) is 23.8 Å². The van der Waals surface area contributed by atoms with Gasteiger partial charge in [-0.25, -0.2) is 0 Å². The minimum absolute atomic E-state index is 0.294. The monoisotopic (exact) mass is 236 g/mol. The molecule has 0 bridgehead atoms. The zero-order valence-electron chi connectivity index (χ0n) is 8.87. The number of nitrogens with one attached hydrogen (secondary N) is 1. The summed E-state index contributed by atoms with van der Waals surface area (Å²) in [6, 6.07) is 4.86. The van der Waals surface area contributed by atoms with Crippen LogP contribution >= 0.6 is 0 Å². The van der Waals surface area contributed by atoms with Crippen molar-refractivity contribution in [1.29, 1.82) is 0 Å². The second-order valence-corrected chi connectivity index (χ2v) is 3.75. The minimum atomic E-state index is -1.23. The number of amides is 1. The first-order chi connectivity index (χ1) is 8.08. The summed E-state index contributed by atoms with van der Waals surface area (Å²) >= 11 is 0. The van der Waals surface area contributed by atoms with Gasteiger partial charge >= 0.3 is 0 Å². The van der Waals surface area contributed by atoms with Gasteiger partial charge in [-0.3, -0.25) is 4.79 Å². The number of aliphatic hydroxyl groups is 2. The molecule has 2 aromatic rings. The van der Waals surface area contributed by atoms with Crippen LogP contribution in [0, 0.1) is 0 Å². The van der Waals surface area contributed by atoms with E-state index in [4.69, 9.17) is 5.73 Å². The highest BCUT2D eigenvalue weighted by Crippen LogP contribution is 2.21. The molecular weight excluding hydrogens is 224 g/mol. The number of nitrogens with two attached hydrogens (primary N) is 1. The Kier molecular flexibility index (Phi) is 3.03. The molecule has 0 aliphatic carbocycles. The number of carbonyl (C=O) groups excluding carboxylic acids is 1. The second-order valence-electron chi connectivity index (χ2n) is 3.75.